The van der Waals surface area contributed by atoms with Gasteiger partial charge in [0.2, 0.25) is 0 Å². The molecule has 1 aromatic heterocycles. The van der Waals surface area contributed by atoms with Crippen LogP contribution in [0.2, 0.25) is 0 Å². The lowest BCUT2D eigenvalue weighted by Gasteiger charge is -2.25. The van der Waals surface area contributed by atoms with Crippen LogP contribution in [-0.2, 0) is 6.54 Å². The van der Waals surface area contributed by atoms with Crippen LogP contribution in [0.3, 0.4) is 0 Å². The first-order valence-corrected chi connectivity index (χ1v) is 10.5. The molecule has 1 heterocycles. The number of benzene rings is 1. The highest BCUT2D eigenvalue weighted by atomic mass is 16.5. The average Bonchev–Trinajstić information content (AvgIpc) is 2.81. The van der Waals surface area contributed by atoms with Crippen LogP contribution >= 0.6 is 0 Å². The Balaban J connectivity index is 0.00000212. The van der Waals surface area contributed by atoms with Crippen LogP contribution in [0, 0.1) is 6.92 Å². The lowest BCUT2D eigenvalue weighted by molar-refractivity contribution is 0.145. The molecule has 0 atom stereocenters. The van der Waals surface area contributed by atoms with Crippen molar-refractivity contribution in [3.8, 4) is 22.8 Å². The van der Waals surface area contributed by atoms with Gasteiger partial charge in [-0.2, -0.15) is 0 Å². The van der Waals surface area contributed by atoms with Crippen molar-refractivity contribution in [2.24, 2.45) is 5.84 Å². The number of nitrogens with two attached hydrogens (primary N) is 1. The molecule has 0 aliphatic heterocycles. The molecule has 31 heavy (non-hydrogen) atoms. The molecule has 0 radical (unpaired) electrons. The van der Waals surface area contributed by atoms with Gasteiger partial charge in [0.05, 0.1) is 26.5 Å². The lowest BCUT2D eigenvalue weighted by atomic mass is 10.0. The van der Waals surface area contributed by atoms with Crippen molar-refractivity contribution in [1.82, 2.24) is 14.9 Å². The number of amides is 2. The van der Waals surface area contributed by atoms with Gasteiger partial charge in [-0.1, -0.05) is 27.7 Å². The third kappa shape index (κ3) is 8.07. The molecular formula is C23H38N4O4. The first-order valence-electron chi connectivity index (χ1n) is 10.5. The van der Waals surface area contributed by atoms with Crippen LogP contribution < -0.4 is 15.3 Å². The van der Waals surface area contributed by atoms with E-state index in [9.17, 15) is 9.90 Å². The topological polar surface area (TPSA) is 101 Å². The molecule has 8 heteroatoms. The Hall–Kier alpha value is -2.84. The maximum atomic E-state index is 12.2. The van der Waals surface area contributed by atoms with E-state index in [4.69, 9.17) is 15.3 Å². The summed E-state index contributed by atoms with van der Waals surface area (Å²) in [5, 5.41) is 10.2. The van der Waals surface area contributed by atoms with Crippen molar-refractivity contribution in [2.45, 2.75) is 41.2 Å². The summed E-state index contributed by atoms with van der Waals surface area (Å²) in [4.78, 5) is 18.1. The second-order valence-corrected chi connectivity index (χ2v) is 6.09. The number of carbonyl (C=O) groups is 1. The van der Waals surface area contributed by atoms with Crippen LogP contribution in [0.25, 0.3) is 11.3 Å². The molecule has 0 unspecified atom stereocenters. The largest absolute Gasteiger partial charge is 0.496 e. The monoisotopic (exact) mass is 434 g/mol. The van der Waals surface area contributed by atoms with Crippen molar-refractivity contribution in [1.29, 1.82) is 0 Å². The third-order valence-electron chi connectivity index (χ3n) is 4.19. The van der Waals surface area contributed by atoms with Crippen LogP contribution in [0.15, 0.2) is 30.5 Å². The quantitative estimate of drug-likeness (QED) is 0.390. The lowest BCUT2D eigenvalue weighted by Crippen LogP contribution is -2.45. The summed E-state index contributed by atoms with van der Waals surface area (Å²) in [7, 11) is 4.68. The second kappa shape index (κ2) is 15.0. The molecule has 174 valence electrons. The fourth-order valence-corrected chi connectivity index (χ4v) is 2.77. The Morgan fingerprint density at radius 2 is 1.65 bits per heavy atom. The summed E-state index contributed by atoms with van der Waals surface area (Å²) in [6, 6.07) is 7.13. The summed E-state index contributed by atoms with van der Waals surface area (Å²) in [6.07, 6.45) is 1.68. The van der Waals surface area contributed by atoms with E-state index in [2.05, 4.69) is 4.98 Å². The van der Waals surface area contributed by atoms with E-state index in [0.29, 0.717) is 18.0 Å². The number of methoxy groups -OCH3 is 2. The van der Waals surface area contributed by atoms with Crippen molar-refractivity contribution >= 4 is 6.03 Å². The summed E-state index contributed by atoms with van der Waals surface area (Å²) in [5.74, 6) is 6.95. The number of hydrogen-bond donors (Lipinski definition) is 2. The number of pyridine rings is 1. The zero-order valence-corrected chi connectivity index (χ0v) is 20.1. The van der Waals surface area contributed by atoms with Crippen molar-refractivity contribution < 1.29 is 19.4 Å². The van der Waals surface area contributed by atoms with E-state index in [-0.39, 0.29) is 19.2 Å². The van der Waals surface area contributed by atoms with Gasteiger partial charge in [-0.15, -0.1) is 0 Å². The summed E-state index contributed by atoms with van der Waals surface area (Å²) in [5.41, 5.74) is 3.33. The van der Waals surface area contributed by atoms with Crippen molar-refractivity contribution in [2.75, 3.05) is 34.4 Å². The number of hydrogen-bond acceptors (Lipinski definition) is 6. The van der Waals surface area contributed by atoms with Gasteiger partial charge in [-0.05, 0) is 36.8 Å². The molecule has 8 nitrogen and oxygen atoms in total. The molecule has 0 aliphatic rings. The Bertz CT molecular complexity index is 772. The Morgan fingerprint density at radius 1 is 1.10 bits per heavy atom. The minimum Gasteiger partial charge on any atom is -0.496 e. The molecule has 1 aromatic carbocycles. The Morgan fingerprint density at radius 3 is 2.10 bits per heavy atom. The number of nitrogens with zero attached hydrogens (tertiary/aromatic N) is 3. The van der Waals surface area contributed by atoms with Gasteiger partial charge < -0.3 is 19.5 Å². The number of aromatic nitrogens is 1. The minimum absolute atomic E-state index is 0.149. The molecule has 0 saturated heterocycles. The molecule has 2 aromatic rings. The summed E-state index contributed by atoms with van der Waals surface area (Å²) >= 11 is 0. The number of hydrazine groups is 1. The zero-order valence-electron chi connectivity index (χ0n) is 20.1. The fourth-order valence-electron chi connectivity index (χ4n) is 2.77. The van der Waals surface area contributed by atoms with E-state index < -0.39 is 0 Å². The van der Waals surface area contributed by atoms with Gasteiger partial charge in [0.1, 0.15) is 11.5 Å². The first-order chi connectivity index (χ1) is 14.9. The number of carbonyl (C=O) groups excluding carboxylic acids is 1. The van der Waals surface area contributed by atoms with Crippen LogP contribution in [0.1, 0.15) is 38.8 Å². The van der Waals surface area contributed by atoms with Gasteiger partial charge in [-0.3, -0.25) is 9.99 Å². The molecule has 2 rings (SSSR count). The molecule has 2 amide bonds. The molecule has 3 N–H and O–H groups in total. The van der Waals surface area contributed by atoms with E-state index in [0.717, 1.165) is 27.4 Å². The molecule has 0 saturated carbocycles. The van der Waals surface area contributed by atoms with Crippen molar-refractivity contribution in [3.63, 3.8) is 0 Å². The second-order valence-electron chi connectivity index (χ2n) is 6.09. The smallest absolute Gasteiger partial charge is 0.334 e. The molecule has 0 aliphatic carbocycles. The molecule has 0 bridgehead atoms. The van der Waals surface area contributed by atoms with Crippen molar-refractivity contribution in [3.05, 3.63) is 41.6 Å². The van der Waals surface area contributed by atoms with E-state index >= 15 is 0 Å². The average molecular weight is 435 g/mol. The maximum Gasteiger partial charge on any atom is 0.334 e. The van der Waals surface area contributed by atoms with Gasteiger partial charge in [0.25, 0.3) is 0 Å². The first kappa shape index (κ1) is 28.2. The van der Waals surface area contributed by atoms with E-state index in [1.54, 1.807) is 20.4 Å². The number of ether oxygens (including phenoxy) is 2. The zero-order chi connectivity index (χ0) is 24.0. The third-order valence-corrected chi connectivity index (χ3v) is 4.19. The SMILES string of the molecule is CC.CC.COc1cc(-c2cc(CN(CCO)C(=O)N(C)N)ccn2)cc(OC)c1C. The molecular weight excluding hydrogens is 396 g/mol. The maximum absolute atomic E-state index is 12.2. The minimum atomic E-state index is -0.374. The number of aliphatic hydroxyl groups excluding tert-OH is 1. The van der Waals surface area contributed by atoms with Gasteiger partial charge >= 0.3 is 6.03 Å². The summed E-state index contributed by atoms with van der Waals surface area (Å²) in [6.45, 7) is 10.3. The van der Waals surface area contributed by atoms with Crippen LogP contribution in [-0.4, -0.2) is 60.4 Å². The number of rotatable bonds is 7. The normalized spacial score (nSPS) is 9.48. The summed E-state index contributed by atoms with van der Waals surface area (Å²) < 4.78 is 10.9. The Labute approximate surface area is 186 Å². The van der Waals surface area contributed by atoms with E-state index in [1.807, 2.05) is 58.9 Å². The number of urea groups is 1. The number of aliphatic hydroxyl groups is 1. The highest BCUT2D eigenvalue weighted by Crippen LogP contribution is 2.33. The van der Waals surface area contributed by atoms with Gasteiger partial charge in [0.15, 0.2) is 0 Å². The standard InChI is InChI=1S/C19H26N4O4.2C2H6/c1-13-17(26-3)10-15(11-18(13)27-4)16-9-14(5-6-21-16)12-23(7-8-24)19(25)22(2)20;2*1-2/h5-6,9-11,24H,7-8,12,20H2,1-4H3;2*1-2H3. The molecule has 0 fully saturated rings. The predicted octanol–water partition coefficient (Wildman–Crippen LogP) is 3.85. The van der Waals surface area contributed by atoms with Crippen LogP contribution in [0.5, 0.6) is 11.5 Å². The predicted molar refractivity (Wildman–Crippen MR) is 125 cm³/mol. The fraction of sp³-hybridized carbons (Fsp3) is 0.478. The van der Waals surface area contributed by atoms with Crippen LogP contribution in [0.4, 0.5) is 4.79 Å². The molecule has 0 spiro atoms. The van der Waals surface area contributed by atoms with Gasteiger partial charge in [-0.25, -0.2) is 10.6 Å². The van der Waals surface area contributed by atoms with E-state index in [1.165, 1.54) is 11.9 Å². The Kier molecular flexibility index (Phi) is 13.7. The highest BCUT2D eigenvalue weighted by molar-refractivity contribution is 5.73. The van der Waals surface area contributed by atoms with Gasteiger partial charge in [0, 0.05) is 37.5 Å². The highest BCUT2D eigenvalue weighted by Gasteiger charge is 2.17.